The number of rotatable bonds is 6. The first-order valence-corrected chi connectivity index (χ1v) is 8.27. The monoisotopic (exact) mass is 287 g/mol. The van der Waals surface area contributed by atoms with Crippen LogP contribution in [0.15, 0.2) is 0 Å². The average Bonchev–Trinajstić information content (AvgIpc) is 2.72. The number of nitrogens with one attached hydrogen (secondary N) is 1. The largest absolute Gasteiger partial charge is 0.376 e. The molecule has 2 heterocycles. The number of aromatic nitrogens is 2. The molecule has 1 aromatic heterocycles. The van der Waals surface area contributed by atoms with Gasteiger partial charge in [0.05, 0.1) is 31.2 Å². The van der Waals surface area contributed by atoms with E-state index in [-0.39, 0.29) is 12.3 Å². The molecule has 1 aromatic rings. The minimum absolute atomic E-state index is 0.176. The van der Waals surface area contributed by atoms with E-state index in [0.29, 0.717) is 19.6 Å². The second-order valence-electron chi connectivity index (χ2n) is 4.79. The lowest BCUT2D eigenvalue weighted by Gasteiger charge is -2.13. The average molecular weight is 287 g/mol. The number of ether oxygens (including phenoxy) is 1. The topological polar surface area (TPSA) is 73.2 Å². The normalized spacial score (nSPS) is 15.5. The molecule has 108 valence electrons. The van der Waals surface area contributed by atoms with Gasteiger partial charge in [0.1, 0.15) is 0 Å². The molecule has 0 amide bonds. The molecule has 1 aliphatic rings. The Morgan fingerprint density at radius 2 is 2.26 bits per heavy atom. The zero-order valence-electron chi connectivity index (χ0n) is 11.5. The summed E-state index contributed by atoms with van der Waals surface area (Å²) in [5.41, 5.74) is 2.96. The molecular weight excluding hydrogens is 266 g/mol. The van der Waals surface area contributed by atoms with E-state index in [2.05, 4.69) is 9.82 Å². The Bertz CT molecular complexity index is 537. The number of fused-ring (bicyclic) bond motifs is 1. The van der Waals surface area contributed by atoms with Crippen LogP contribution in [0.1, 0.15) is 36.7 Å². The highest BCUT2D eigenvalue weighted by molar-refractivity contribution is 7.89. The molecule has 0 aromatic carbocycles. The van der Waals surface area contributed by atoms with Crippen molar-refractivity contribution in [2.75, 3.05) is 12.4 Å². The van der Waals surface area contributed by atoms with Crippen molar-refractivity contribution in [2.45, 2.75) is 39.3 Å². The molecule has 0 atom stereocenters. The standard InChI is InChI=1S/C12H21N3O3S/c1-3-4-7-19(16,17)13-8-11-10-9-18-6-5-12(10)15(2)14-11/h13H,3-9H2,1-2H3. The van der Waals surface area contributed by atoms with Crippen LogP contribution >= 0.6 is 0 Å². The molecule has 0 bridgehead atoms. The van der Waals surface area contributed by atoms with E-state index in [1.165, 1.54) is 0 Å². The van der Waals surface area contributed by atoms with Gasteiger partial charge in [-0.05, 0) is 6.42 Å². The van der Waals surface area contributed by atoms with Crippen LogP contribution in [-0.2, 0) is 41.4 Å². The third-order valence-electron chi connectivity index (χ3n) is 3.31. The Morgan fingerprint density at radius 3 is 3.00 bits per heavy atom. The summed E-state index contributed by atoms with van der Waals surface area (Å²) in [6.07, 6.45) is 2.38. The molecular formula is C12H21N3O3S. The summed E-state index contributed by atoms with van der Waals surface area (Å²) in [5.74, 6) is 0.176. The zero-order valence-corrected chi connectivity index (χ0v) is 12.3. The van der Waals surface area contributed by atoms with Gasteiger partial charge < -0.3 is 4.74 Å². The quantitative estimate of drug-likeness (QED) is 0.836. The predicted molar refractivity (Wildman–Crippen MR) is 72.1 cm³/mol. The molecule has 1 N–H and O–H groups in total. The minimum atomic E-state index is -3.20. The lowest BCUT2D eigenvalue weighted by molar-refractivity contribution is 0.108. The first kappa shape index (κ1) is 14.5. The maximum Gasteiger partial charge on any atom is 0.211 e. The molecule has 0 fully saturated rings. The fraction of sp³-hybridized carbons (Fsp3) is 0.750. The van der Waals surface area contributed by atoms with Crippen LogP contribution in [0.2, 0.25) is 0 Å². The van der Waals surface area contributed by atoms with E-state index >= 15 is 0 Å². The van der Waals surface area contributed by atoms with Crippen molar-refractivity contribution in [1.82, 2.24) is 14.5 Å². The van der Waals surface area contributed by atoms with Crippen LogP contribution in [-0.4, -0.2) is 30.6 Å². The summed E-state index contributed by atoms with van der Waals surface area (Å²) in [6, 6.07) is 0. The van der Waals surface area contributed by atoms with Gasteiger partial charge >= 0.3 is 0 Å². The van der Waals surface area contributed by atoms with Gasteiger partial charge in [-0.1, -0.05) is 13.3 Å². The third-order valence-corrected chi connectivity index (χ3v) is 4.72. The van der Waals surface area contributed by atoms with E-state index in [0.717, 1.165) is 29.8 Å². The molecule has 0 aliphatic carbocycles. The van der Waals surface area contributed by atoms with E-state index in [9.17, 15) is 8.42 Å². The summed E-state index contributed by atoms with van der Waals surface area (Å²) in [7, 11) is -1.31. The lowest BCUT2D eigenvalue weighted by Crippen LogP contribution is -2.26. The van der Waals surface area contributed by atoms with Crippen molar-refractivity contribution in [1.29, 1.82) is 0 Å². The number of sulfonamides is 1. The Morgan fingerprint density at radius 1 is 1.47 bits per heavy atom. The second-order valence-corrected chi connectivity index (χ2v) is 6.72. The van der Waals surface area contributed by atoms with Gasteiger partial charge in [0.15, 0.2) is 0 Å². The molecule has 19 heavy (non-hydrogen) atoms. The summed E-state index contributed by atoms with van der Waals surface area (Å²) < 4.78 is 33.4. The maximum atomic E-state index is 11.8. The molecule has 7 heteroatoms. The highest BCUT2D eigenvalue weighted by Crippen LogP contribution is 2.20. The van der Waals surface area contributed by atoms with Crippen molar-refractivity contribution >= 4 is 10.0 Å². The molecule has 0 spiro atoms. The SMILES string of the molecule is CCCCS(=O)(=O)NCc1nn(C)c2c1COCC2. The minimum Gasteiger partial charge on any atom is -0.376 e. The summed E-state index contributed by atoms with van der Waals surface area (Å²) in [6.45, 7) is 3.45. The number of hydrogen-bond acceptors (Lipinski definition) is 4. The second kappa shape index (κ2) is 6.02. The highest BCUT2D eigenvalue weighted by Gasteiger charge is 2.20. The van der Waals surface area contributed by atoms with Crippen molar-refractivity contribution in [3.05, 3.63) is 17.0 Å². The van der Waals surface area contributed by atoms with Gasteiger partial charge in [0.2, 0.25) is 10.0 Å². The van der Waals surface area contributed by atoms with Crippen LogP contribution in [0.25, 0.3) is 0 Å². The van der Waals surface area contributed by atoms with E-state index < -0.39 is 10.0 Å². The van der Waals surface area contributed by atoms with E-state index in [1.807, 2.05) is 18.7 Å². The van der Waals surface area contributed by atoms with Gasteiger partial charge in [-0.3, -0.25) is 4.68 Å². The maximum absolute atomic E-state index is 11.8. The fourth-order valence-electron chi connectivity index (χ4n) is 2.21. The first-order chi connectivity index (χ1) is 9.03. The predicted octanol–water partition coefficient (Wildman–Crippen LogP) is 0.712. The van der Waals surface area contributed by atoms with Crippen molar-refractivity contribution in [2.24, 2.45) is 7.05 Å². The van der Waals surface area contributed by atoms with Crippen LogP contribution in [0, 0.1) is 0 Å². The Hall–Kier alpha value is -0.920. The van der Waals surface area contributed by atoms with E-state index in [4.69, 9.17) is 4.74 Å². The van der Waals surface area contributed by atoms with Gasteiger partial charge in [-0.15, -0.1) is 0 Å². The molecule has 0 saturated heterocycles. The summed E-state index contributed by atoms with van der Waals surface area (Å²) in [4.78, 5) is 0. The van der Waals surface area contributed by atoms with Crippen LogP contribution in [0.3, 0.4) is 0 Å². The van der Waals surface area contributed by atoms with Crippen molar-refractivity contribution < 1.29 is 13.2 Å². The highest BCUT2D eigenvalue weighted by atomic mass is 32.2. The van der Waals surface area contributed by atoms with Gasteiger partial charge in [0, 0.05) is 24.7 Å². The smallest absolute Gasteiger partial charge is 0.211 e. The van der Waals surface area contributed by atoms with Gasteiger partial charge in [-0.25, -0.2) is 13.1 Å². The van der Waals surface area contributed by atoms with E-state index in [1.54, 1.807) is 0 Å². The Labute approximate surface area is 114 Å². The zero-order chi connectivity index (χ0) is 13.9. The Balaban J connectivity index is 2.04. The molecule has 2 rings (SSSR count). The van der Waals surface area contributed by atoms with Gasteiger partial charge in [0.25, 0.3) is 0 Å². The molecule has 6 nitrogen and oxygen atoms in total. The van der Waals surface area contributed by atoms with Crippen LogP contribution < -0.4 is 4.72 Å². The Kier molecular flexibility index (Phi) is 4.59. The van der Waals surface area contributed by atoms with Gasteiger partial charge in [-0.2, -0.15) is 5.10 Å². The van der Waals surface area contributed by atoms with Crippen LogP contribution in [0.4, 0.5) is 0 Å². The lowest BCUT2D eigenvalue weighted by atomic mass is 10.1. The molecule has 0 saturated carbocycles. The molecule has 1 aliphatic heterocycles. The number of nitrogens with zero attached hydrogens (tertiary/aromatic N) is 2. The summed E-state index contributed by atoms with van der Waals surface area (Å²) >= 11 is 0. The number of aryl methyl sites for hydroxylation is 1. The van der Waals surface area contributed by atoms with Crippen molar-refractivity contribution in [3.8, 4) is 0 Å². The third kappa shape index (κ3) is 3.55. The summed E-state index contributed by atoms with van der Waals surface area (Å²) in [5, 5.41) is 4.39. The number of hydrogen-bond donors (Lipinski definition) is 1. The molecule has 0 unspecified atom stereocenters. The number of unbranched alkanes of at least 4 members (excludes halogenated alkanes) is 1. The van der Waals surface area contributed by atoms with Crippen LogP contribution in [0.5, 0.6) is 0 Å². The van der Waals surface area contributed by atoms with Crippen molar-refractivity contribution in [3.63, 3.8) is 0 Å². The fourth-order valence-corrected chi connectivity index (χ4v) is 3.38. The first-order valence-electron chi connectivity index (χ1n) is 6.62. The molecule has 0 radical (unpaired) electrons.